The predicted octanol–water partition coefficient (Wildman–Crippen LogP) is 4.75. The van der Waals surface area contributed by atoms with Gasteiger partial charge in [0.05, 0.1) is 21.0 Å². The molecule has 154 valence electrons. The molecule has 3 heterocycles. The lowest BCUT2D eigenvalue weighted by atomic mass is 10.2. The van der Waals surface area contributed by atoms with Gasteiger partial charge in [-0.25, -0.2) is 0 Å². The third-order valence-electron chi connectivity index (χ3n) is 4.90. The second kappa shape index (κ2) is 9.27. The van der Waals surface area contributed by atoms with Crippen LogP contribution in [0.3, 0.4) is 0 Å². The summed E-state index contributed by atoms with van der Waals surface area (Å²) in [5, 5.41) is 10.4. The zero-order valence-corrected chi connectivity index (χ0v) is 18.3. The standard InChI is InChI=1S/C21H18Cl2N4O2S/c22-16-4-2-14(12-17(16)23)18-5-3-15(29-18)13-19-20(28)25-21(30-19)27-10-8-26(9-11-27)7-1-6-24/h2-5,12-13H,1,7-11H2. The summed E-state index contributed by atoms with van der Waals surface area (Å²) in [5.41, 5.74) is 0.811. The second-order valence-electron chi connectivity index (χ2n) is 6.88. The van der Waals surface area contributed by atoms with Crippen LogP contribution in [0.2, 0.25) is 10.0 Å². The minimum atomic E-state index is -0.255. The fraction of sp³-hybridized carbons (Fsp3) is 0.286. The van der Waals surface area contributed by atoms with Gasteiger partial charge in [-0.05, 0) is 42.1 Å². The average molecular weight is 461 g/mol. The highest BCUT2D eigenvalue weighted by molar-refractivity contribution is 8.18. The van der Waals surface area contributed by atoms with Gasteiger partial charge < -0.3 is 9.32 Å². The number of amides is 1. The van der Waals surface area contributed by atoms with Crippen LogP contribution in [0.4, 0.5) is 0 Å². The van der Waals surface area contributed by atoms with Gasteiger partial charge >= 0.3 is 0 Å². The first-order valence-electron chi connectivity index (χ1n) is 9.45. The molecule has 0 radical (unpaired) electrons. The minimum absolute atomic E-state index is 0.255. The minimum Gasteiger partial charge on any atom is -0.457 e. The van der Waals surface area contributed by atoms with Crippen molar-refractivity contribution in [3.63, 3.8) is 0 Å². The highest BCUT2D eigenvalue weighted by Gasteiger charge is 2.28. The Balaban J connectivity index is 1.40. The third kappa shape index (κ3) is 4.73. The zero-order valence-electron chi connectivity index (χ0n) is 16.0. The molecule has 4 rings (SSSR count). The molecular formula is C21H18Cl2N4O2S. The van der Waals surface area contributed by atoms with Crippen molar-refractivity contribution in [3.05, 3.63) is 51.0 Å². The van der Waals surface area contributed by atoms with Crippen molar-refractivity contribution >= 4 is 52.1 Å². The number of nitrogens with zero attached hydrogens (tertiary/aromatic N) is 4. The van der Waals surface area contributed by atoms with E-state index in [0.717, 1.165) is 43.5 Å². The van der Waals surface area contributed by atoms with Gasteiger partial charge in [-0.3, -0.25) is 9.69 Å². The van der Waals surface area contributed by atoms with Crippen molar-refractivity contribution in [3.8, 4) is 17.4 Å². The maximum atomic E-state index is 12.4. The number of furan rings is 1. The van der Waals surface area contributed by atoms with E-state index in [1.54, 1.807) is 18.2 Å². The number of benzene rings is 1. The Morgan fingerprint density at radius 2 is 1.97 bits per heavy atom. The van der Waals surface area contributed by atoms with Gasteiger partial charge in [0.1, 0.15) is 11.5 Å². The number of rotatable bonds is 4. The fourth-order valence-electron chi connectivity index (χ4n) is 3.27. The fourth-order valence-corrected chi connectivity index (χ4v) is 4.51. The van der Waals surface area contributed by atoms with Gasteiger partial charge in [0.25, 0.3) is 5.91 Å². The van der Waals surface area contributed by atoms with Crippen LogP contribution in [0, 0.1) is 11.3 Å². The smallest absolute Gasteiger partial charge is 0.286 e. The number of nitriles is 1. The molecule has 1 aromatic heterocycles. The lowest BCUT2D eigenvalue weighted by molar-refractivity contribution is -0.113. The number of carbonyl (C=O) groups excluding carboxylic acids is 1. The van der Waals surface area contributed by atoms with Crippen molar-refractivity contribution in [2.45, 2.75) is 6.42 Å². The molecule has 0 saturated carbocycles. The van der Waals surface area contributed by atoms with E-state index in [9.17, 15) is 4.79 Å². The van der Waals surface area contributed by atoms with E-state index in [1.165, 1.54) is 11.8 Å². The Morgan fingerprint density at radius 1 is 1.17 bits per heavy atom. The molecular weight excluding hydrogens is 443 g/mol. The van der Waals surface area contributed by atoms with Gasteiger partial charge in [0, 0.05) is 50.8 Å². The molecule has 1 saturated heterocycles. The van der Waals surface area contributed by atoms with E-state index >= 15 is 0 Å². The van der Waals surface area contributed by atoms with Gasteiger partial charge in [-0.15, -0.1) is 0 Å². The summed E-state index contributed by atoms with van der Waals surface area (Å²) in [7, 11) is 0. The highest BCUT2D eigenvalue weighted by atomic mass is 35.5. The maximum Gasteiger partial charge on any atom is 0.286 e. The molecule has 2 aromatic rings. The number of halogens is 2. The summed E-state index contributed by atoms with van der Waals surface area (Å²) in [6.45, 7) is 4.09. The van der Waals surface area contributed by atoms with Crippen molar-refractivity contribution in [2.75, 3.05) is 32.7 Å². The molecule has 0 bridgehead atoms. The SMILES string of the molecule is N#CCCN1CCN(C2=NC(=O)C(=Cc3ccc(-c4ccc(Cl)c(Cl)c4)o3)S2)CC1. The number of carbonyl (C=O) groups is 1. The number of aliphatic imine (C=N–C) groups is 1. The summed E-state index contributed by atoms with van der Waals surface area (Å²) < 4.78 is 5.87. The summed E-state index contributed by atoms with van der Waals surface area (Å²) in [5.74, 6) is 0.963. The van der Waals surface area contributed by atoms with E-state index < -0.39 is 0 Å². The third-order valence-corrected chi connectivity index (χ3v) is 6.68. The number of amidine groups is 1. The van der Waals surface area contributed by atoms with E-state index in [-0.39, 0.29) is 5.91 Å². The lowest BCUT2D eigenvalue weighted by Crippen LogP contribution is -2.47. The summed E-state index contributed by atoms with van der Waals surface area (Å²) >= 11 is 13.4. The lowest BCUT2D eigenvalue weighted by Gasteiger charge is -2.34. The van der Waals surface area contributed by atoms with Gasteiger partial charge in [-0.1, -0.05) is 23.2 Å². The normalized spacial score (nSPS) is 18.7. The number of hydrogen-bond acceptors (Lipinski definition) is 6. The molecule has 6 nitrogen and oxygen atoms in total. The average Bonchev–Trinajstić information content (AvgIpc) is 3.36. The van der Waals surface area contributed by atoms with Crippen LogP contribution in [0.5, 0.6) is 0 Å². The molecule has 1 amide bonds. The molecule has 1 fully saturated rings. The van der Waals surface area contributed by atoms with Crippen LogP contribution in [-0.2, 0) is 4.79 Å². The van der Waals surface area contributed by atoms with Crippen LogP contribution >= 0.6 is 35.0 Å². The van der Waals surface area contributed by atoms with E-state index in [2.05, 4.69) is 20.9 Å². The Morgan fingerprint density at radius 3 is 2.70 bits per heavy atom. The first kappa shape index (κ1) is 21.0. The Hall–Kier alpha value is -2.24. The van der Waals surface area contributed by atoms with Crippen LogP contribution in [0.15, 0.2) is 44.6 Å². The van der Waals surface area contributed by atoms with E-state index in [0.29, 0.717) is 32.9 Å². The summed E-state index contributed by atoms with van der Waals surface area (Å²) in [4.78, 5) is 21.5. The van der Waals surface area contributed by atoms with Crippen LogP contribution < -0.4 is 0 Å². The molecule has 30 heavy (non-hydrogen) atoms. The Bertz CT molecular complexity index is 1070. The number of piperazine rings is 1. The molecule has 0 spiro atoms. The van der Waals surface area contributed by atoms with Gasteiger partial charge in [-0.2, -0.15) is 10.3 Å². The topological polar surface area (TPSA) is 72.8 Å². The van der Waals surface area contributed by atoms with Gasteiger partial charge in [0.15, 0.2) is 5.17 Å². The first-order valence-corrected chi connectivity index (χ1v) is 11.0. The van der Waals surface area contributed by atoms with Crippen molar-refractivity contribution < 1.29 is 9.21 Å². The first-order chi connectivity index (χ1) is 14.5. The Labute approximate surface area is 188 Å². The molecule has 2 aliphatic heterocycles. The molecule has 0 unspecified atom stereocenters. The quantitative estimate of drug-likeness (QED) is 0.612. The summed E-state index contributed by atoms with van der Waals surface area (Å²) in [6.07, 6.45) is 2.25. The van der Waals surface area contributed by atoms with Crippen molar-refractivity contribution in [2.24, 2.45) is 4.99 Å². The second-order valence-corrected chi connectivity index (χ2v) is 8.70. The van der Waals surface area contributed by atoms with Crippen molar-refractivity contribution in [1.29, 1.82) is 5.26 Å². The predicted molar refractivity (Wildman–Crippen MR) is 120 cm³/mol. The van der Waals surface area contributed by atoms with Crippen molar-refractivity contribution in [1.82, 2.24) is 9.80 Å². The maximum absolute atomic E-state index is 12.4. The molecule has 0 atom stereocenters. The molecule has 0 aliphatic carbocycles. The number of hydrogen-bond donors (Lipinski definition) is 0. The van der Waals surface area contributed by atoms with Crippen LogP contribution in [-0.4, -0.2) is 53.6 Å². The number of thioether (sulfide) groups is 1. The molecule has 0 N–H and O–H groups in total. The summed E-state index contributed by atoms with van der Waals surface area (Å²) in [6, 6.07) is 11.1. The largest absolute Gasteiger partial charge is 0.457 e. The molecule has 2 aliphatic rings. The highest BCUT2D eigenvalue weighted by Crippen LogP contribution is 2.33. The van der Waals surface area contributed by atoms with Crippen LogP contribution in [0.1, 0.15) is 12.2 Å². The van der Waals surface area contributed by atoms with Gasteiger partial charge in [0.2, 0.25) is 0 Å². The zero-order chi connectivity index (χ0) is 21.1. The van der Waals surface area contributed by atoms with Crippen LogP contribution in [0.25, 0.3) is 17.4 Å². The molecule has 9 heteroatoms. The van der Waals surface area contributed by atoms with E-state index in [4.69, 9.17) is 32.9 Å². The van der Waals surface area contributed by atoms with E-state index in [1.807, 2.05) is 18.2 Å². The molecule has 1 aromatic carbocycles. The monoisotopic (exact) mass is 460 g/mol. The Kier molecular flexibility index (Phi) is 6.49.